The van der Waals surface area contributed by atoms with Crippen LogP contribution in [0.1, 0.15) is 24.4 Å². The number of hydrogen-bond donors (Lipinski definition) is 0. The van der Waals surface area contributed by atoms with Crippen LogP contribution in [0.15, 0.2) is 22.8 Å². The van der Waals surface area contributed by atoms with E-state index in [1.807, 2.05) is 19.0 Å². The third kappa shape index (κ3) is 4.61. The van der Waals surface area contributed by atoms with Crippen LogP contribution in [0, 0.1) is 5.92 Å². The Labute approximate surface area is 103 Å². The summed E-state index contributed by atoms with van der Waals surface area (Å²) in [7, 11) is 4.01. The van der Waals surface area contributed by atoms with Crippen LogP contribution in [0.3, 0.4) is 0 Å². The van der Waals surface area contributed by atoms with Crippen molar-refractivity contribution in [3.8, 4) is 0 Å². The van der Waals surface area contributed by atoms with Gasteiger partial charge in [0, 0.05) is 19.6 Å². The van der Waals surface area contributed by atoms with Crippen LogP contribution in [0.2, 0.25) is 0 Å². The largest absolute Gasteiger partial charge is 0.459 e. The van der Waals surface area contributed by atoms with Crippen molar-refractivity contribution in [3.63, 3.8) is 0 Å². The van der Waals surface area contributed by atoms with Crippen molar-refractivity contribution in [1.29, 1.82) is 0 Å². The standard InChI is InChI=1S/C13H22N2O2/c1-11(2)10-15(8-7-14(3)4)13(16)12-6-5-9-17-12/h5-6,9,11H,7-8,10H2,1-4H3. The smallest absolute Gasteiger partial charge is 0.289 e. The van der Waals surface area contributed by atoms with Crippen LogP contribution in [-0.2, 0) is 0 Å². The number of nitrogens with zero attached hydrogens (tertiary/aromatic N) is 2. The zero-order valence-electron chi connectivity index (χ0n) is 11.1. The van der Waals surface area contributed by atoms with E-state index in [2.05, 4.69) is 18.7 Å². The normalized spacial score (nSPS) is 11.2. The van der Waals surface area contributed by atoms with Gasteiger partial charge in [-0.25, -0.2) is 0 Å². The van der Waals surface area contributed by atoms with E-state index in [1.54, 1.807) is 12.1 Å². The molecule has 1 aromatic heterocycles. The van der Waals surface area contributed by atoms with Crippen LogP contribution >= 0.6 is 0 Å². The maximum Gasteiger partial charge on any atom is 0.289 e. The molecular formula is C13H22N2O2. The van der Waals surface area contributed by atoms with Crippen LogP contribution in [0.25, 0.3) is 0 Å². The van der Waals surface area contributed by atoms with E-state index in [0.29, 0.717) is 11.7 Å². The summed E-state index contributed by atoms with van der Waals surface area (Å²) in [5.41, 5.74) is 0. The molecule has 1 rings (SSSR count). The van der Waals surface area contributed by atoms with Crippen molar-refractivity contribution >= 4 is 5.91 Å². The maximum atomic E-state index is 12.2. The summed E-state index contributed by atoms with van der Waals surface area (Å²) in [6.45, 7) is 6.56. The zero-order chi connectivity index (χ0) is 12.8. The van der Waals surface area contributed by atoms with E-state index < -0.39 is 0 Å². The Morgan fingerprint density at radius 2 is 2.06 bits per heavy atom. The molecule has 1 amide bonds. The molecule has 17 heavy (non-hydrogen) atoms. The summed E-state index contributed by atoms with van der Waals surface area (Å²) in [6, 6.07) is 3.46. The molecule has 0 aromatic carbocycles. The van der Waals surface area contributed by atoms with Gasteiger partial charge in [-0.2, -0.15) is 0 Å². The van der Waals surface area contributed by atoms with Gasteiger partial charge in [0.25, 0.3) is 5.91 Å². The summed E-state index contributed by atoms with van der Waals surface area (Å²) < 4.78 is 5.16. The van der Waals surface area contributed by atoms with E-state index in [-0.39, 0.29) is 5.91 Å². The summed E-state index contributed by atoms with van der Waals surface area (Å²) in [6.07, 6.45) is 1.53. The molecule has 0 atom stereocenters. The highest BCUT2D eigenvalue weighted by Gasteiger charge is 2.18. The van der Waals surface area contributed by atoms with Gasteiger partial charge < -0.3 is 14.2 Å². The topological polar surface area (TPSA) is 36.7 Å². The first kappa shape index (κ1) is 13.8. The number of furan rings is 1. The Morgan fingerprint density at radius 1 is 1.35 bits per heavy atom. The zero-order valence-corrected chi connectivity index (χ0v) is 11.1. The van der Waals surface area contributed by atoms with Crippen LogP contribution in [0.5, 0.6) is 0 Å². The minimum Gasteiger partial charge on any atom is -0.459 e. The number of carbonyl (C=O) groups excluding carboxylic acids is 1. The van der Waals surface area contributed by atoms with Crippen molar-refractivity contribution in [2.24, 2.45) is 5.92 Å². The van der Waals surface area contributed by atoms with E-state index in [4.69, 9.17) is 4.42 Å². The van der Waals surface area contributed by atoms with E-state index >= 15 is 0 Å². The highest BCUT2D eigenvalue weighted by atomic mass is 16.3. The third-order valence-electron chi connectivity index (χ3n) is 2.42. The van der Waals surface area contributed by atoms with Gasteiger partial charge in [0.2, 0.25) is 0 Å². The fraction of sp³-hybridized carbons (Fsp3) is 0.615. The summed E-state index contributed by atoms with van der Waals surface area (Å²) in [5, 5.41) is 0. The highest BCUT2D eigenvalue weighted by molar-refractivity contribution is 5.91. The molecule has 4 nitrogen and oxygen atoms in total. The Bertz CT molecular complexity index is 331. The van der Waals surface area contributed by atoms with Crippen LogP contribution in [0.4, 0.5) is 0 Å². The third-order valence-corrected chi connectivity index (χ3v) is 2.42. The number of likely N-dealkylation sites (N-methyl/N-ethyl adjacent to an activating group) is 1. The minimum absolute atomic E-state index is 0.0226. The number of amides is 1. The molecule has 0 unspecified atom stereocenters. The van der Waals surface area contributed by atoms with Gasteiger partial charge in [-0.15, -0.1) is 0 Å². The van der Waals surface area contributed by atoms with Gasteiger partial charge in [-0.1, -0.05) is 13.8 Å². The molecule has 96 valence electrons. The Kier molecular flexibility index (Phi) is 5.22. The second kappa shape index (κ2) is 6.45. The van der Waals surface area contributed by atoms with E-state index in [1.165, 1.54) is 6.26 Å². The molecule has 0 aliphatic carbocycles. The molecular weight excluding hydrogens is 216 g/mol. The van der Waals surface area contributed by atoms with E-state index in [9.17, 15) is 4.79 Å². The fourth-order valence-corrected chi connectivity index (χ4v) is 1.59. The van der Waals surface area contributed by atoms with Gasteiger partial charge in [0.1, 0.15) is 0 Å². The molecule has 0 spiro atoms. The van der Waals surface area contributed by atoms with Crippen LogP contribution in [-0.4, -0.2) is 49.4 Å². The monoisotopic (exact) mass is 238 g/mol. The van der Waals surface area contributed by atoms with E-state index in [0.717, 1.165) is 19.6 Å². The van der Waals surface area contributed by atoms with Crippen molar-refractivity contribution < 1.29 is 9.21 Å². The quantitative estimate of drug-likeness (QED) is 0.760. The summed E-state index contributed by atoms with van der Waals surface area (Å²) in [5.74, 6) is 0.853. The molecule has 0 aliphatic heterocycles. The summed E-state index contributed by atoms with van der Waals surface area (Å²) >= 11 is 0. The number of hydrogen-bond acceptors (Lipinski definition) is 3. The number of carbonyl (C=O) groups is 1. The lowest BCUT2D eigenvalue weighted by Crippen LogP contribution is -2.38. The SMILES string of the molecule is CC(C)CN(CCN(C)C)C(=O)c1ccco1. The van der Waals surface area contributed by atoms with Crippen molar-refractivity contribution in [2.45, 2.75) is 13.8 Å². The van der Waals surface area contributed by atoms with Gasteiger partial charge in [0.15, 0.2) is 5.76 Å². The molecule has 0 radical (unpaired) electrons. The lowest BCUT2D eigenvalue weighted by molar-refractivity contribution is 0.0692. The first-order valence-electron chi connectivity index (χ1n) is 5.98. The lowest BCUT2D eigenvalue weighted by Gasteiger charge is -2.25. The molecule has 4 heteroatoms. The predicted molar refractivity (Wildman–Crippen MR) is 68.0 cm³/mol. The number of rotatable bonds is 6. The molecule has 0 saturated heterocycles. The molecule has 0 saturated carbocycles. The maximum absolute atomic E-state index is 12.2. The first-order valence-corrected chi connectivity index (χ1v) is 5.98. The van der Waals surface area contributed by atoms with Crippen LogP contribution < -0.4 is 0 Å². The molecule has 0 fully saturated rings. The highest BCUT2D eigenvalue weighted by Crippen LogP contribution is 2.08. The Balaban J connectivity index is 2.65. The van der Waals surface area contributed by atoms with Crippen molar-refractivity contribution in [3.05, 3.63) is 24.2 Å². The van der Waals surface area contributed by atoms with Crippen molar-refractivity contribution in [1.82, 2.24) is 9.80 Å². The second-order valence-corrected chi connectivity index (χ2v) is 4.93. The molecule has 1 heterocycles. The lowest BCUT2D eigenvalue weighted by atomic mass is 10.2. The van der Waals surface area contributed by atoms with Gasteiger partial charge in [-0.05, 0) is 32.1 Å². The Morgan fingerprint density at radius 3 is 2.53 bits per heavy atom. The minimum atomic E-state index is -0.0226. The molecule has 1 aromatic rings. The average Bonchev–Trinajstić information content (AvgIpc) is 2.75. The predicted octanol–water partition coefficient (Wildman–Crippen LogP) is 1.94. The van der Waals surface area contributed by atoms with Gasteiger partial charge in [0.05, 0.1) is 6.26 Å². The van der Waals surface area contributed by atoms with Gasteiger partial charge >= 0.3 is 0 Å². The average molecular weight is 238 g/mol. The fourth-order valence-electron chi connectivity index (χ4n) is 1.59. The second-order valence-electron chi connectivity index (χ2n) is 4.93. The molecule has 0 bridgehead atoms. The Hall–Kier alpha value is -1.29. The van der Waals surface area contributed by atoms with Crippen molar-refractivity contribution in [2.75, 3.05) is 33.7 Å². The van der Waals surface area contributed by atoms with Gasteiger partial charge in [-0.3, -0.25) is 4.79 Å². The summed E-state index contributed by atoms with van der Waals surface area (Å²) in [4.78, 5) is 16.1. The molecule has 0 aliphatic rings. The first-order chi connectivity index (χ1) is 8.00. The molecule has 0 N–H and O–H groups in total.